The summed E-state index contributed by atoms with van der Waals surface area (Å²) in [5.41, 5.74) is 0.463. The summed E-state index contributed by atoms with van der Waals surface area (Å²) in [5.74, 6) is 1.08. The Kier molecular flexibility index (Phi) is 3.49. The summed E-state index contributed by atoms with van der Waals surface area (Å²) in [6, 6.07) is 0. The van der Waals surface area contributed by atoms with Gasteiger partial charge in [-0.15, -0.1) is 0 Å². The van der Waals surface area contributed by atoms with Gasteiger partial charge in [0.05, 0.1) is 5.41 Å². The second-order valence-electron chi connectivity index (χ2n) is 7.95. The van der Waals surface area contributed by atoms with Gasteiger partial charge in [0.1, 0.15) is 0 Å². The number of carbonyl (C=O) groups is 1. The van der Waals surface area contributed by atoms with Gasteiger partial charge in [-0.1, -0.05) is 12.8 Å². The van der Waals surface area contributed by atoms with Crippen LogP contribution in [-0.2, 0) is 4.79 Å². The second kappa shape index (κ2) is 5.24. The summed E-state index contributed by atoms with van der Waals surface area (Å²) in [5, 5.41) is 7.03. The van der Waals surface area contributed by atoms with Gasteiger partial charge < -0.3 is 15.5 Å². The quantitative estimate of drug-likeness (QED) is 0.767. The van der Waals surface area contributed by atoms with E-state index in [1.165, 1.54) is 51.6 Å². The Hall–Kier alpha value is -0.610. The maximum absolute atomic E-state index is 13.2. The largest absolute Gasteiger partial charge is 0.342 e. The van der Waals surface area contributed by atoms with Crippen LogP contribution in [0.15, 0.2) is 0 Å². The Labute approximate surface area is 128 Å². The van der Waals surface area contributed by atoms with Gasteiger partial charge in [0.25, 0.3) is 0 Å². The lowest BCUT2D eigenvalue weighted by atomic mass is 9.67. The minimum absolute atomic E-state index is 0.0450. The van der Waals surface area contributed by atoms with E-state index in [4.69, 9.17) is 0 Å². The molecular weight excluding hydrogens is 262 g/mol. The van der Waals surface area contributed by atoms with Crippen molar-refractivity contribution in [3.05, 3.63) is 0 Å². The van der Waals surface area contributed by atoms with Crippen molar-refractivity contribution in [2.24, 2.45) is 16.7 Å². The van der Waals surface area contributed by atoms with Crippen molar-refractivity contribution in [1.82, 2.24) is 15.5 Å². The molecule has 4 rings (SSSR count). The zero-order chi connectivity index (χ0) is 14.3. The topological polar surface area (TPSA) is 44.4 Å². The smallest absolute Gasteiger partial charge is 0.230 e. The molecule has 1 saturated carbocycles. The molecule has 0 unspecified atom stereocenters. The van der Waals surface area contributed by atoms with E-state index in [0.717, 1.165) is 32.6 Å². The lowest BCUT2D eigenvalue weighted by Gasteiger charge is -2.45. The van der Waals surface area contributed by atoms with Gasteiger partial charge >= 0.3 is 0 Å². The van der Waals surface area contributed by atoms with E-state index in [1.54, 1.807) is 0 Å². The molecule has 0 radical (unpaired) electrons. The van der Waals surface area contributed by atoms with Crippen LogP contribution in [0.2, 0.25) is 0 Å². The number of likely N-dealkylation sites (tertiary alicyclic amines) is 1. The first kappa shape index (κ1) is 14.0. The summed E-state index contributed by atoms with van der Waals surface area (Å²) in [6.07, 6.45) is 8.65. The summed E-state index contributed by atoms with van der Waals surface area (Å²) in [4.78, 5) is 15.4. The molecule has 2 N–H and O–H groups in total. The first-order valence-electron chi connectivity index (χ1n) is 8.95. The molecule has 0 aromatic heterocycles. The van der Waals surface area contributed by atoms with E-state index >= 15 is 0 Å². The number of rotatable bonds is 1. The molecular formula is C17H29N3O. The summed E-state index contributed by atoms with van der Waals surface area (Å²) < 4.78 is 0. The summed E-state index contributed by atoms with van der Waals surface area (Å²) in [7, 11) is 0. The molecule has 118 valence electrons. The average Bonchev–Trinajstić information content (AvgIpc) is 3.15. The van der Waals surface area contributed by atoms with Gasteiger partial charge in [-0.2, -0.15) is 0 Å². The molecule has 4 aliphatic rings. The number of amides is 1. The Bertz CT molecular complexity index is 408. The van der Waals surface area contributed by atoms with Gasteiger partial charge in [-0.25, -0.2) is 0 Å². The number of piperidine rings is 1. The van der Waals surface area contributed by atoms with Crippen LogP contribution in [0, 0.1) is 16.7 Å². The molecule has 0 bridgehead atoms. The molecule has 0 aromatic carbocycles. The van der Waals surface area contributed by atoms with Gasteiger partial charge in [-0.05, 0) is 56.5 Å². The Morgan fingerprint density at radius 3 is 2.62 bits per heavy atom. The Balaban J connectivity index is 1.45. The monoisotopic (exact) mass is 291 g/mol. The van der Waals surface area contributed by atoms with Crippen molar-refractivity contribution in [2.45, 2.75) is 44.9 Å². The van der Waals surface area contributed by atoms with Crippen molar-refractivity contribution in [1.29, 1.82) is 0 Å². The van der Waals surface area contributed by atoms with Crippen molar-refractivity contribution in [2.75, 3.05) is 39.3 Å². The van der Waals surface area contributed by atoms with E-state index in [1.807, 2.05) is 0 Å². The Morgan fingerprint density at radius 2 is 1.86 bits per heavy atom. The molecule has 4 nitrogen and oxygen atoms in total. The highest BCUT2D eigenvalue weighted by Crippen LogP contribution is 2.46. The number of hydrogen-bond donors (Lipinski definition) is 2. The third-order valence-corrected chi connectivity index (χ3v) is 6.91. The minimum atomic E-state index is -0.0450. The van der Waals surface area contributed by atoms with Gasteiger partial charge in [0, 0.05) is 26.2 Å². The molecule has 4 heteroatoms. The fourth-order valence-electron chi connectivity index (χ4n) is 5.39. The fraction of sp³-hybridized carbons (Fsp3) is 0.941. The van der Waals surface area contributed by atoms with Crippen LogP contribution in [0.4, 0.5) is 0 Å². The van der Waals surface area contributed by atoms with E-state index in [9.17, 15) is 4.79 Å². The van der Waals surface area contributed by atoms with Gasteiger partial charge in [0.15, 0.2) is 0 Å². The van der Waals surface area contributed by atoms with Crippen molar-refractivity contribution in [3.8, 4) is 0 Å². The molecule has 3 heterocycles. The van der Waals surface area contributed by atoms with Crippen LogP contribution < -0.4 is 10.6 Å². The van der Waals surface area contributed by atoms with Crippen LogP contribution in [0.5, 0.6) is 0 Å². The van der Waals surface area contributed by atoms with Crippen LogP contribution >= 0.6 is 0 Å². The lowest BCUT2D eigenvalue weighted by molar-refractivity contribution is -0.147. The predicted molar refractivity (Wildman–Crippen MR) is 83.0 cm³/mol. The maximum Gasteiger partial charge on any atom is 0.230 e. The molecule has 1 aliphatic carbocycles. The van der Waals surface area contributed by atoms with Crippen LogP contribution in [0.3, 0.4) is 0 Å². The number of nitrogens with one attached hydrogen (secondary N) is 2. The van der Waals surface area contributed by atoms with Crippen LogP contribution in [0.25, 0.3) is 0 Å². The zero-order valence-electron chi connectivity index (χ0n) is 13.1. The Morgan fingerprint density at radius 1 is 1.00 bits per heavy atom. The predicted octanol–water partition coefficient (Wildman–Crippen LogP) is 1.37. The maximum atomic E-state index is 13.2. The van der Waals surface area contributed by atoms with Crippen LogP contribution in [0.1, 0.15) is 44.9 Å². The normalized spacial score (nSPS) is 38.7. The van der Waals surface area contributed by atoms with E-state index in [0.29, 0.717) is 17.2 Å². The molecule has 3 saturated heterocycles. The third-order valence-electron chi connectivity index (χ3n) is 6.91. The minimum Gasteiger partial charge on any atom is -0.342 e. The molecule has 4 fully saturated rings. The summed E-state index contributed by atoms with van der Waals surface area (Å²) in [6.45, 7) is 6.32. The molecule has 3 aliphatic heterocycles. The van der Waals surface area contributed by atoms with Crippen molar-refractivity contribution in [3.63, 3.8) is 0 Å². The fourth-order valence-corrected chi connectivity index (χ4v) is 5.39. The zero-order valence-corrected chi connectivity index (χ0v) is 13.1. The highest BCUT2D eigenvalue weighted by Gasteiger charge is 2.52. The molecule has 1 amide bonds. The van der Waals surface area contributed by atoms with E-state index in [2.05, 4.69) is 15.5 Å². The second-order valence-corrected chi connectivity index (χ2v) is 7.95. The van der Waals surface area contributed by atoms with E-state index in [-0.39, 0.29) is 5.41 Å². The van der Waals surface area contributed by atoms with E-state index < -0.39 is 0 Å². The number of fused-ring (bicyclic) bond motifs is 1. The van der Waals surface area contributed by atoms with Crippen LogP contribution in [-0.4, -0.2) is 50.1 Å². The average molecular weight is 291 g/mol. The number of hydrogen-bond acceptors (Lipinski definition) is 3. The molecule has 1 spiro atoms. The third kappa shape index (κ3) is 2.22. The first-order chi connectivity index (χ1) is 10.2. The standard InChI is InChI=1S/C17H29N3O/c21-15(17-4-2-1-3-14(17)11-19-13-17)20-9-6-16(7-10-20)5-8-18-12-16/h14,18-19H,1-13H2/t14-,17+/m0/s1. The molecule has 0 aromatic rings. The number of nitrogens with zero attached hydrogens (tertiary/aromatic N) is 1. The van der Waals surface area contributed by atoms with Crippen molar-refractivity contribution < 1.29 is 4.79 Å². The molecule has 2 atom stereocenters. The lowest BCUT2D eigenvalue weighted by Crippen LogP contribution is -2.53. The highest BCUT2D eigenvalue weighted by atomic mass is 16.2. The van der Waals surface area contributed by atoms with Crippen molar-refractivity contribution >= 4 is 5.91 Å². The highest BCUT2D eigenvalue weighted by molar-refractivity contribution is 5.84. The number of carbonyl (C=O) groups excluding carboxylic acids is 1. The summed E-state index contributed by atoms with van der Waals surface area (Å²) >= 11 is 0. The SMILES string of the molecule is O=C(N1CCC2(CCNC2)CC1)[C@@]12CCCC[C@H]1CNC2. The first-order valence-corrected chi connectivity index (χ1v) is 8.95. The van der Waals surface area contributed by atoms with Gasteiger partial charge in [0.2, 0.25) is 5.91 Å². The molecule has 21 heavy (non-hydrogen) atoms. The van der Waals surface area contributed by atoms with Gasteiger partial charge in [-0.3, -0.25) is 4.79 Å².